The fraction of sp³-hybridized carbons (Fsp3) is 0.0769. The van der Waals surface area contributed by atoms with E-state index in [0.29, 0.717) is 12.0 Å². The van der Waals surface area contributed by atoms with Crippen LogP contribution >= 0.6 is 0 Å². The predicted octanol–water partition coefficient (Wildman–Crippen LogP) is 2.23. The van der Waals surface area contributed by atoms with E-state index >= 15 is 0 Å². The van der Waals surface area contributed by atoms with Crippen LogP contribution in [0.3, 0.4) is 0 Å². The van der Waals surface area contributed by atoms with Gasteiger partial charge in [0.25, 0.3) is 10.1 Å². The molecule has 0 saturated heterocycles. The fourth-order valence-electron chi connectivity index (χ4n) is 1.75. The summed E-state index contributed by atoms with van der Waals surface area (Å²) in [7, 11) is -4.34. The van der Waals surface area contributed by atoms with Gasteiger partial charge in [-0.15, -0.1) is 0 Å². The van der Waals surface area contributed by atoms with Crippen molar-refractivity contribution in [2.24, 2.45) is 0 Å². The smallest absolute Gasteiger partial charge is 0.294 e. The highest BCUT2D eigenvalue weighted by Crippen LogP contribution is 2.23. The van der Waals surface area contributed by atoms with E-state index in [1.54, 1.807) is 0 Å². The van der Waals surface area contributed by atoms with Crippen LogP contribution in [-0.4, -0.2) is 18.1 Å². The lowest BCUT2D eigenvalue weighted by Crippen LogP contribution is -2.03. The molecule has 2 rings (SSSR count). The number of benzene rings is 2. The van der Waals surface area contributed by atoms with Crippen molar-refractivity contribution in [3.05, 3.63) is 59.7 Å². The summed E-state index contributed by atoms with van der Waals surface area (Å²) >= 11 is 0. The van der Waals surface area contributed by atoms with E-state index in [0.717, 1.165) is 11.6 Å². The zero-order valence-electron chi connectivity index (χ0n) is 9.45. The summed E-state index contributed by atoms with van der Waals surface area (Å²) in [5.74, 6) is -0.195. The maximum Gasteiger partial charge on any atom is 0.294 e. The molecule has 0 heterocycles. The van der Waals surface area contributed by atoms with Crippen molar-refractivity contribution in [2.75, 3.05) is 0 Å². The Balaban J connectivity index is 2.46. The maximum absolute atomic E-state index is 11.2. The van der Waals surface area contributed by atoms with Crippen molar-refractivity contribution in [1.29, 1.82) is 0 Å². The molecule has 0 aliphatic carbocycles. The molecule has 2 aromatic carbocycles. The van der Waals surface area contributed by atoms with Gasteiger partial charge in [-0.25, -0.2) is 0 Å². The molecule has 0 aliphatic rings. The topological polar surface area (TPSA) is 74.6 Å². The highest BCUT2D eigenvalue weighted by atomic mass is 32.2. The zero-order valence-corrected chi connectivity index (χ0v) is 10.3. The van der Waals surface area contributed by atoms with Gasteiger partial charge in [-0.3, -0.25) is 4.55 Å². The van der Waals surface area contributed by atoms with E-state index in [2.05, 4.69) is 0 Å². The highest BCUT2D eigenvalue weighted by Gasteiger charge is 2.16. The second-order valence-corrected chi connectivity index (χ2v) is 5.32. The van der Waals surface area contributed by atoms with Gasteiger partial charge >= 0.3 is 0 Å². The van der Waals surface area contributed by atoms with Crippen molar-refractivity contribution in [2.45, 2.75) is 11.3 Å². The highest BCUT2D eigenvalue weighted by molar-refractivity contribution is 7.85. The maximum atomic E-state index is 11.2. The Morgan fingerprint density at radius 3 is 2.28 bits per heavy atom. The summed E-state index contributed by atoms with van der Waals surface area (Å²) < 4.78 is 31.6. The first-order valence-corrected chi connectivity index (χ1v) is 6.74. The second kappa shape index (κ2) is 4.80. The normalized spacial score (nSPS) is 11.4. The van der Waals surface area contributed by atoms with Crippen LogP contribution in [0.4, 0.5) is 0 Å². The molecular formula is C13H12O4S. The van der Waals surface area contributed by atoms with E-state index in [1.807, 2.05) is 30.3 Å². The van der Waals surface area contributed by atoms with E-state index in [9.17, 15) is 13.5 Å². The molecule has 94 valence electrons. The monoisotopic (exact) mass is 264 g/mol. The van der Waals surface area contributed by atoms with Gasteiger partial charge in [-0.05, 0) is 23.6 Å². The third-order valence-corrected chi connectivity index (χ3v) is 3.50. The summed E-state index contributed by atoms with van der Waals surface area (Å²) in [4.78, 5) is -0.258. The largest absolute Gasteiger partial charge is 0.508 e. The van der Waals surface area contributed by atoms with Crippen molar-refractivity contribution < 1.29 is 18.1 Å². The molecule has 0 bridgehead atoms. The van der Waals surface area contributed by atoms with Crippen LogP contribution in [0.1, 0.15) is 11.1 Å². The summed E-state index contributed by atoms with van der Waals surface area (Å²) in [5, 5.41) is 9.29. The van der Waals surface area contributed by atoms with Gasteiger partial charge in [0.15, 0.2) is 0 Å². The van der Waals surface area contributed by atoms with Gasteiger partial charge in [0.1, 0.15) is 10.6 Å². The van der Waals surface area contributed by atoms with E-state index < -0.39 is 10.1 Å². The molecule has 0 atom stereocenters. The Bertz CT molecular complexity index is 648. The Kier molecular flexibility index (Phi) is 3.36. The average Bonchev–Trinajstić information content (AvgIpc) is 2.31. The number of rotatable bonds is 3. The average molecular weight is 264 g/mol. The van der Waals surface area contributed by atoms with E-state index in [1.165, 1.54) is 12.1 Å². The molecule has 5 heteroatoms. The molecule has 18 heavy (non-hydrogen) atoms. The van der Waals surface area contributed by atoms with Crippen LogP contribution < -0.4 is 0 Å². The Morgan fingerprint density at radius 1 is 1.00 bits per heavy atom. The number of phenolic OH excluding ortho intramolecular Hbond substituents is 1. The van der Waals surface area contributed by atoms with E-state index in [4.69, 9.17) is 4.55 Å². The molecule has 0 amide bonds. The fourth-order valence-corrected chi connectivity index (χ4v) is 2.49. The van der Waals surface area contributed by atoms with Crippen LogP contribution in [-0.2, 0) is 16.5 Å². The van der Waals surface area contributed by atoms with Crippen LogP contribution in [0.2, 0.25) is 0 Å². The third kappa shape index (κ3) is 2.88. The van der Waals surface area contributed by atoms with Crippen LogP contribution in [0, 0.1) is 0 Å². The number of aromatic hydroxyl groups is 1. The molecule has 0 radical (unpaired) electrons. The zero-order chi connectivity index (χ0) is 13.2. The molecule has 2 N–H and O–H groups in total. The van der Waals surface area contributed by atoms with Gasteiger partial charge in [-0.1, -0.05) is 36.4 Å². The van der Waals surface area contributed by atoms with Crippen molar-refractivity contribution in [3.63, 3.8) is 0 Å². The van der Waals surface area contributed by atoms with Crippen molar-refractivity contribution >= 4 is 10.1 Å². The number of phenols is 1. The first kappa shape index (κ1) is 12.6. The minimum Gasteiger partial charge on any atom is -0.508 e. The standard InChI is InChI=1S/C13H12O4S/c14-12-7-6-11(13(9-12)18(15,16)17)8-10-4-2-1-3-5-10/h1-7,9,14H,8H2,(H,15,16,17). The van der Waals surface area contributed by atoms with Crippen molar-refractivity contribution in [3.8, 4) is 5.75 Å². The minimum atomic E-state index is -4.34. The van der Waals surface area contributed by atoms with Crippen molar-refractivity contribution in [1.82, 2.24) is 0 Å². The molecule has 2 aromatic rings. The lowest BCUT2D eigenvalue weighted by atomic mass is 10.1. The quantitative estimate of drug-likeness (QED) is 0.834. The van der Waals surface area contributed by atoms with E-state index in [-0.39, 0.29) is 10.6 Å². The molecule has 0 fully saturated rings. The molecule has 0 saturated carbocycles. The molecule has 0 aliphatic heterocycles. The Labute approximate surface area is 105 Å². The van der Waals surface area contributed by atoms with Crippen LogP contribution in [0.5, 0.6) is 5.75 Å². The summed E-state index contributed by atoms with van der Waals surface area (Å²) in [6.07, 6.45) is 0.371. The molecule has 4 nitrogen and oxygen atoms in total. The first-order chi connectivity index (χ1) is 8.47. The molecule has 0 aromatic heterocycles. The predicted molar refractivity (Wildman–Crippen MR) is 67.2 cm³/mol. The molecule has 0 unspecified atom stereocenters. The third-order valence-electron chi connectivity index (χ3n) is 2.57. The van der Waals surface area contributed by atoms with Crippen LogP contribution in [0.25, 0.3) is 0 Å². The van der Waals surface area contributed by atoms with Gasteiger partial charge in [0.05, 0.1) is 0 Å². The Morgan fingerprint density at radius 2 is 1.67 bits per heavy atom. The van der Waals surface area contributed by atoms with Gasteiger partial charge in [0.2, 0.25) is 0 Å². The van der Waals surface area contributed by atoms with Gasteiger partial charge in [-0.2, -0.15) is 8.42 Å². The molecule has 0 spiro atoms. The Hall–Kier alpha value is -1.85. The second-order valence-electron chi connectivity index (χ2n) is 3.93. The number of hydrogen-bond acceptors (Lipinski definition) is 3. The summed E-state index contributed by atoms with van der Waals surface area (Å²) in [5.41, 5.74) is 1.37. The van der Waals surface area contributed by atoms with Gasteiger partial charge < -0.3 is 5.11 Å². The minimum absolute atomic E-state index is 0.195. The first-order valence-electron chi connectivity index (χ1n) is 5.30. The number of hydrogen-bond donors (Lipinski definition) is 2. The lowest BCUT2D eigenvalue weighted by Gasteiger charge is -2.07. The lowest BCUT2D eigenvalue weighted by molar-refractivity contribution is 0.465. The van der Waals surface area contributed by atoms with Gasteiger partial charge in [0, 0.05) is 6.07 Å². The van der Waals surface area contributed by atoms with Crippen LogP contribution in [0.15, 0.2) is 53.4 Å². The SMILES string of the molecule is O=S(=O)(O)c1cc(O)ccc1Cc1ccccc1. The summed E-state index contributed by atoms with van der Waals surface area (Å²) in [6.45, 7) is 0. The summed E-state index contributed by atoms with van der Waals surface area (Å²) in [6, 6.07) is 13.2. The molecular weight excluding hydrogens is 252 g/mol.